The highest BCUT2D eigenvalue weighted by Gasteiger charge is 2.30. The van der Waals surface area contributed by atoms with Gasteiger partial charge in [0.05, 0.1) is 6.54 Å². The summed E-state index contributed by atoms with van der Waals surface area (Å²) in [5.41, 5.74) is 2.70. The molecule has 0 bridgehead atoms. The Morgan fingerprint density at radius 2 is 2.28 bits per heavy atom. The molecule has 1 aromatic carbocycles. The van der Waals surface area contributed by atoms with Gasteiger partial charge in [-0.25, -0.2) is 0 Å². The summed E-state index contributed by atoms with van der Waals surface area (Å²) in [6, 6.07) is 4.23. The first-order valence-electron chi connectivity index (χ1n) is 6.63. The summed E-state index contributed by atoms with van der Waals surface area (Å²) in [5, 5.41) is 3.41. The van der Waals surface area contributed by atoms with E-state index < -0.39 is 0 Å². The van der Waals surface area contributed by atoms with Crippen molar-refractivity contribution >= 4 is 5.84 Å². The number of fused-ring (bicyclic) bond motifs is 3. The van der Waals surface area contributed by atoms with E-state index in [1.807, 2.05) is 6.07 Å². The lowest BCUT2D eigenvalue weighted by molar-refractivity contribution is 0.173. The molecule has 0 aromatic heterocycles. The second-order valence-corrected chi connectivity index (χ2v) is 5.01. The molecule has 1 aliphatic carbocycles. The van der Waals surface area contributed by atoms with Gasteiger partial charge in [-0.15, -0.1) is 0 Å². The van der Waals surface area contributed by atoms with Gasteiger partial charge in [0.2, 0.25) is 6.79 Å². The number of hydrogen-bond donors (Lipinski definition) is 1. The molecule has 0 radical (unpaired) electrons. The van der Waals surface area contributed by atoms with Gasteiger partial charge in [-0.1, -0.05) is 6.07 Å². The second-order valence-electron chi connectivity index (χ2n) is 5.01. The van der Waals surface area contributed by atoms with Crippen molar-refractivity contribution < 1.29 is 9.47 Å². The molecule has 1 N–H and O–H groups in total. The molecule has 4 heteroatoms. The van der Waals surface area contributed by atoms with Crippen LogP contribution < -0.4 is 14.8 Å². The summed E-state index contributed by atoms with van der Waals surface area (Å²) in [6.45, 7) is 2.24. The minimum atomic E-state index is 0.357. The molecule has 0 amide bonds. The number of hydrogen-bond acceptors (Lipinski definition) is 4. The molecule has 4 rings (SSSR count). The predicted molar refractivity (Wildman–Crippen MR) is 68.5 cm³/mol. The lowest BCUT2D eigenvalue weighted by Crippen LogP contribution is -2.28. The zero-order valence-corrected chi connectivity index (χ0v) is 10.2. The van der Waals surface area contributed by atoms with Crippen molar-refractivity contribution in [2.75, 3.05) is 19.9 Å². The summed E-state index contributed by atoms with van der Waals surface area (Å²) in [6.07, 6.45) is 3.46. The molecule has 0 fully saturated rings. The Bertz CT molecular complexity index is 525. The maximum Gasteiger partial charge on any atom is 0.231 e. The average Bonchev–Trinajstić information content (AvgIpc) is 3.09. The van der Waals surface area contributed by atoms with Crippen molar-refractivity contribution in [3.63, 3.8) is 0 Å². The lowest BCUT2D eigenvalue weighted by Gasteiger charge is -2.26. The molecule has 1 aromatic rings. The van der Waals surface area contributed by atoms with E-state index in [4.69, 9.17) is 9.47 Å². The molecule has 0 saturated carbocycles. The van der Waals surface area contributed by atoms with Crippen LogP contribution in [0.1, 0.15) is 29.9 Å². The van der Waals surface area contributed by atoms with Crippen LogP contribution in [0.25, 0.3) is 0 Å². The Morgan fingerprint density at radius 1 is 1.28 bits per heavy atom. The molecular weight excluding hydrogens is 228 g/mol. The topological polar surface area (TPSA) is 42.9 Å². The summed E-state index contributed by atoms with van der Waals surface area (Å²) in [7, 11) is 0. The van der Waals surface area contributed by atoms with E-state index in [2.05, 4.69) is 16.4 Å². The fourth-order valence-corrected chi connectivity index (χ4v) is 3.20. The number of benzene rings is 1. The maximum absolute atomic E-state index is 5.63. The van der Waals surface area contributed by atoms with Gasteiger partial charge in [-0.2, -0.15) is 0 Å². The molecule has 18 heavy (non-hydrogen) atoms. The van der Waals surface area contributed by atoms with Crippen LogP contribution in [0.3, 0.4) is 0 Å². The van der Waals surface area contributed by atoms with E-state index in [1.54, 1.807) is 0 Å². The zero-order valence-electron chi connectivity index (χ0n) is 10.2. The maximum atomic E-state index is 5.63. The number of amidine groups is 1. The van der Waals surface area contributed by atoms with Crippen molar-refractivity contribution in [3.05, 3.63) is 23.3 Å². The predicted octanol–water partition coefficient (Wildman–Crippen LogP) is 1.84. The van der Waals surface area contributed by atoms with Crippen molar-refractivity contribution in [2.24, 2.45) is 4.99 Å². The second kappa shape index (κ2) is 3.90. The van der Waals surface area contributed by atoms with Crippen LogP contribution in [0.15, 0.2) is 17.1 Å². The summed E-state index contributed by atoms with van der Waals surface area (Å²) in [4.78, 5) is 4.59. The Labute approximate surface area is 106 Å². The highest BCUT2D eigenvalue weighted by Crippen LogP contribution is 2.44. The Kier molecular flexibility index (Phi) is 2.22. The number of nitrogens with zero attached hydrogens (tertiary/aromatic N) is 1. The van der Waals surface area contributed by atoms with Gasteiger partial charge in [0.1, 0.15) is 5.84 Å². The zero-order chi connectivity index (χ0) is 11.9. The molecule has 0 saturated heterocycles. The van der Waals surface area contributed by atoms with Crippen molar-refractivity contribution in [1.29, 1.82) is 0 Å². The van der Waals surface area contributed by atoms with Crippen LogP contribution >= 0.6 is 0 Å². The number of ether oxygens (including phenoxy) is 2. The van der Waals surface area contributed by atoms with Crippen molar-refractivity contribution in [3.8, 4) is 11.5 Å². The molecule has 94 valence electrons. The first-order chi connectivity index (χ1) is 8.93. The van der Waals surface area contributed by atoms with E-state index in [-0.39, 0.29) is 0 Å². The normalized spacial score (nSPS) is 24.4. The Hall–Kier alpha value is -1.71. The SMILES string of the molecule is c1cc2c(c3c1OCO3)CCCC2C1=NCCN1. The molecule has 2 heterocycles. The van der Waals surface area contributed by atoms with E-state index in [1.165, 1.54) is 24.0 Å². The van der Waals surface area contributed by atoms with Gasteiger partial charge >= 0.3 is 0 Å². The van der Waals surface area contributed by atoms with Gasteiger partial charge in [0.25, 0.3) is 0 Å². The largest absolute Gasteiger partial charge is 0.454 e. The number of aliphatic imine (C=N–C) groups is 1. The summed E-state index contributed by atoms with van der Waals surface area (Å²) in [5.74, 6) is 3.45. The molecule has 4 nitrogen and oxygen atoms in total. The van der Waals surface area contributed by atoms with E-state index in [9.17, 15) is 0 Å². The molecule has 1 atom stereocenters. The van der Waals surface area contributed by atoms with E-state index in [0.29, 0.717) is 12.7 Å². The third-order valence-corrected chi connectivity index (χ3v) is 4.00. The van der Waals surface area contributed by atoms with Crippen LogP contribution in [0, 0.1) is 0 Å². The molecule has 0 spiro atoms. The summed E-state index contributed by atoms with van der Waals surface area (Å²) < 4.78 is 11.1. The van der Waals surface area contributed by atoms with Crippen LogP contribution in [0.2, 0.25) is 0 Å². The lowest BCUT2D eigenvalue weighted by atomic mass is 9.81. The Morgan fingerprint density at radius 3 is 3.17 bits per heavy atom. The molecular formula is C14H16N2O2. The third kappa shape index (κ3) is 1.41. The first-order valence-corrected chi connectivity index (χ1v) is 6.63. The van der Waals surface area contributed by atoms with Gasteiger partial charge < -0.3 is 14.8 Å². The summed E-state index contributed by atoms with van der Waals surface area (Å²) >= 11 is 0. The van der Waals surface area contributed by atoms with Crippen LogP contribution in [-0.4, -0.2) is 25.7 Å². The van der Waals surface area contributed by atoms with E-state index in [0.717, 1.165) is 36.8 Å². The first kappa shape index (κ1) is 10.2. The van der Waals surface area contributed by atoms with Gasteiger partial charge in [-0.3, -0.25) is 4.99 Å². The van der Waals surface area contributed by atoms with Crippen molar-refractivity contribution in [2.45, 2.75) is 25.2 Å². The fourth-order valence-electron chi connectivity index (χ4n) is 3.20. The smallest absolute Gasteiger partial charge is 0.231 e. The Balaban J connectivity index is 1.80. The molecule has 2 aliphatic heterocycles. The fraction of sp³-hybridized carbons (Fsp3) is 0.500. The minimum Gasteiger partial charge on any atom is -0.454 e. The van der Waals surface area contributed by atoms with E-state index >= 15 is 0 Å². The highest BCUT2D eigenvalue weighted by atomic mass is 16.7. The quantitative estimate of drug-likeness (QED) is 0.819. The van der Waals surface area contributed by atoms with Gasteiger partial charge in [0, 0.05) is 18.0 Å². The van der Waals surface area contributed by atoms with Crippen molar-refractivity contribution in [1.82, 2.24) is 5.32 Å². The monoisotopic (exact) mass is 244 g/mol. The molecule has 1 unspecified atom stereocenters. The average molecular weight is 244 g/mol. The standard InChI is InChI=1S/C14H16N2O2/c1-2-10-9(4-5-12-13(10)18-8-17-12)11(3-1)14-15-6-7-16-14/h4-5,11H,1-3,6-8H2,(H,15,16). The van der Waals surface area contributed by atoms with Gasteiger partial charge in [-0.05, 0) is 30.9 Å². The number of rotatable bonds is 1. The third-order valence-electron chi connectivity index (χ3n) is 4.00. The highest BCUT2D eigenvalue weighted by molar-refractivity contribution is 5.91. The van der Waals surface area contributed by atoms with Crippen LogP contribution in [0.4, 0.5) is 0 Å². The van der Waals surface area contributed by atoms with Crippen LogP contribution in [-0.2, 0) is 6.42 Å². The van der Waals surface area contributed by atoms with Crippen LogP contribution in [0.5, 0.6) is 11.5 Å². The van der Waals surface area contributed by atoms with Gasteiger partial charge in [0.15, 0.2) is 11.5 Å². The number of nitrogens with one attached hydrogen (secondary N) is 1. The minimum absolute atomic E-state index is 0.357. The molecule has 3 aliphatic rings.